The monoisotopic (exact) mass is 311 g/mol. The van der Waals surface area contributed by atoms with Crippen LogP contribution in [0.15, 0.2) is 17.3 Å². The van der Waals surface area contributed by atoms with Crippen molar-refractivity contribution in [2.24, 2.45) is 10.9 Å². The summed E-state index contributed by atoms with van der Waals surface area (Å²) in [6, 6.07) is 1.43. The lowest BCUT2D eigenvalue weighted by atomic mass is 10.1. The van der Waals surface area contributed by atoms with Crippen molar-refractivity contribution in [1.82, 2.24) is 0 Å². The molecule has 0 heterocycles. The van der Waals surface area contributed by atoms with Gasteiger partial charge >= 0.3 is 6.18 Å². The van der Waals surface area contributed by atoms with Gasteiger partial charge in [-0.15, -0.1) is 0 Å². The fourth-order valence-corrected chi connectivity index (χ4v) is 1.83. The minimum Gasteiger partial charge on any atom is -0.409 e. The molecule has 0 saturated heterocycles. The number of hydrogen-bond donors (Lipinski definition) is 2. The van der Waals surface area contributed by atoms with Gasteiger partial charge in [0.1, 0.15) is 23.9 Å². The molecule has 0 saturated carbocycles. The minimum atomic E-state index is -4.60. The number of anilines is 1. The van der Waals surface area contributed by atoms with Crippen LogP contribution in [0.2, 0.25) is 0 Å². The van der Waals surface area contributed by atoms with Crippen molar-refractivity contribution in [3.63, 3.8) is 0 Å². The fraction of sp³-hybridized carbons (Fsp3) is 0.417. The van der Waals surface area contributed by atoms with Gasteiger partial charge < -0.3 is 15.8 Å². The Hall–Kier alpha value is -2.06. The molecule has 1 rings (SSSR count). The second kappa shape index (κ2) is 6.59. The van der Waals surface area contributed by atoms with Crippen LogP contribution >= 0.6 is 0 Å². The van der Waals surface area contributed by atoms with Crippen LogP contribution in [0, 0.1) is 11.6 Å². The van der Waals surface area contributed by atoms with E-state index in [9.17, 15) is 22.0 Å². The molecule has 9 heteroatoms. The molecule has 21 heavy (non-hydrogen) atoms. The van der Waals surface area contributed by atoms with E-state index >= 15 is 0 Å². The molecule has 0 amide bonds. The molecule has 0 aliphatic heterocycles. The topological polar surface area (TPSA) is 61.8 Å². The molecule has 0 fully saturated rings. The van der Waals surface area contributed by atoms with Gasteiger partial charge in [-0.3, -0.25) is 0 Å². The highest BCUT2D eigenvalue weighted by Crippen LogP contribution is 2.28. The van der Waals surface area contributed by atoms with E-state index in [0.717, 1.165) is 0 Å². The first-order chi connectivity index (χ1) is 9.69. The number of hydrogen-bond acceptors (Lipinski definition) is 3. The number of nitrogens with two attached hydrogens (primary N) is 1. The average molecular weight is 311 g/mol. The molecule has 118 valence electrons. The zero-order valence-corrected chi connectivity index (χ0v) is 11.1. The van der Waals surface area contributed by atoms with Crippen molar-refractivity contribution in [2.45, 2.75) is 19.5 Å². The lowest BCUT2D eigenvalue weighted by molar-refractivity contribution is -0.119. The van der Waals surface area contributed by atoms with Crippen LogP contribution < -0.4 is 10.6 Å². The molecule has 1 aromatic rings. The lowest BCUT2D eigenvalue weighted by Gasteiger charge is -2.26. The molecular weight excluding hydrogens is 297 g/mol. The lowest BCUT2D eigenvalue weighted by Crippen LogP contribution is -2.36. The van der Waals surface area contributed by atoms with Crippen LogP contribution in [-0.4, -0.2) is 30.3 Å². The maximum atomic E-state index is 13.9. The standard InChI is InChI=1S/C12H14F5N3O/c1-2-3-20(6-12(15,16)17)10-8(13)4-7(5-9(10)14)11(18)19-21/h4-5,21H,2-3,6H2,1H3,(H2,18,19). The van der Waals surface area contributed by atoms with Crippen LogP contribution in [0.3, 0.4) is 0 Å². The van der Waals surface area contributed by atoms with Gasteiger partial charge in [0.2, 0.25) is 0 Å². The molecule has 0 spiro atoms. The highest BCUT2D eigenvalue weighted by atomic mass is 19.4. The number of alkyl halides is 3. The van der Waals surface area contributed by atoms with Crippen molar-refractivity contribution < 1.29 is 27.2 Å². The predicted octanol–water partition coefficient (Wildman–Crippen LogP) is 2.84. The van der Waals surface area contributed by atoms with Crippen molar-refractivity contribution in [3.8, 4) is 0 Å². The number of benzene rings is 1. The number of halogens is 5. The number of rotatable bonds is 5. The molecule has 4 nitrogen and oxygen atoms in total. The van der Waals surface area contributed by atoms with E-state index in [1.807, 2.05) is 0 Å². The van der Waals surface area contributed by atoms with E-state index in [0.29, 0.717) is 17.0 Å². The fourth-order valence-electron chi connectivity index (χ4n) is 1.83. The Morgan fingerprint density at radius 2 is 1.81 bits per heavy atom. The van der Waals surface area contributed by atoms with Crippen LogP contribution in [0.1, 0.15) is 18.9 Å². The second-order valence-electron chi connectivity index (χ2n) is 4.31. The zero-order chi connectivity index (χ0) is 16.2. The van der Waals surface area contributed by atoms with Crippen molar-refractivity contribution >= 4 is 11.5 Å². The van der Waals surface area contributed by atoms with Gasteiger partial charge in [0.05, 0.1) is 0 Å². The largest absolute Gasteiger partial charge is 0.409 e. The van der Waals surface area contributed by atoms with Crippen LogP contribution in [0.5, 0.6) is 0 Å². The molecule has 0 unspecified atom stereocenters. The van der Waals surface area contributed by atoms with Crippen molar-refractivity contribution in [2.75, 3.05) is 18.0 Å². The molecule has 0 radical (unpaired) electrons. The predicted molar refractivity (Wildman–Crippen MR) is 67.4 cm³/mol. The van der Waals surface area contributed by atoms with E-state index in [-0.39, 0.29) is 18.5 Å². The Balaban J connectivity index is 3.26. The van der Waals surface area contributed by atoms with E-state index in [2.05, 4.69) is 5.16 Å². The maximum Gasteiger partial charge on any atom is 0.405 e. The van der Waals surface area contributed by atoms with Gasteiger partial charge in [0.15, 0.2) is 5.84 Å². The molecule has 0 atom stereocenters. The normalized spacial score (nSPS) is 12.6. The van der Waals surface area contributed by atoms with Gasteiger partial charge in [-0.1, -0.05) is 12.1 Å². The third-order valence-corrected chi connectivity index (χ3v) is 2.60. The summed E-state index contributed by atoms with van der Waals surface area (Å²) >= 11 is 0. The average Bonchev–Trinajstić information content (AvgIpc) is 2.35. The Morgan fingerprint density at radius 3 is 2.19 bits per heavy atom. The van der Waals surface area contributed by atoms with E-state index in [1.54, 1.807) is 6.92 Å². The summed E-state index contributed by atoms with van der Waals surface area (Å²) in [5.41, 5.74) is 4.14. The highest BCUT2D eigenvalue weighted by molar-refractivity contribution is 5.97. The van der Waals surface area contributed by atoms with Gasteiger partial charge in [-0.2, -0.15) is 13.2 Å². The van der Waals surface area contributed by atoms with Crippen molar-refractivity contribution in [3.05, 3.63) is 29.3 Å². The summed E-state index contributed by atoms with van der Waals surface area (Å²) in [6.45, 7) is -0.0577. The van der Waals surface area contributed by atoms with Gasteiger partial charge in [0.25, 0.3) is 0 Å². The summed E-state index contributed by atoms with van der Waals surface area (Å²) in [5.74, 6) is -2.97. The Labute approximate surface area is 117 Å². The summed E-state index contributed by atoms with van der Waals surface area (Å²) in [6.07, 6.45) is -4.32. The number of amidine groups is 1. The molecule has 3 N–H and O–H groups in total. The molecule has 0 aromatic heterocycles. The second-order valence-corrected chi connectivity index (χ2v) is 4.31. The smallest absolute Gasteiger partial charge is 0.405 e. The molecular formula is C12H14F5N3O. The summed E-state index contributed by atoms with van der Waals surface area (Å²) in [5, 5.41) is 11.0. The van der Waals surface area contributed by atoms with Gasteiger partial charge in [-0.05, 0) is 18.6 Å². The van der Waals surface area contributed by atoms with Gasteiger partial charge in [-0.25, -0.2) is 8.78 Å². The zero-order valence-electron chi connectivity index (χ0n) is 11.1. The molecule has 0 aliphatic carbocycles. The molecule has 1 aromatic carbocycles. The summed E-state index contributed by atoms with van der Waals surface area (Å²) in [4.78, 5) is 0.570. The van der Waals surface area contributed by atoms with Crippen LogP contribution in [-0.2, 0) is 0 Å². The van der Waals surface area contributed by atoms with E-state index in [1.165, 1.54) is 0 Å². The first-order valence-electron chi connectivity index (χ1n) is 5.98. The quantitative estimate of drug-likeness (QED) is 0.289. The first-order valence-corrected chi connectivity index (χ1v) is 5.98. The number of nitrogens with zero attached hydrogens (tertiary/aromatic N) is 2. The SMILES string of the molecule is CCCN(CC(F)(F)F)c1c(F)cc(C(N)=NO)cc1F. The van der Waals surface area contributed by atoms with Crippen molar-refractivity contribution in [1.29, 1.82) is 0 Å². The van der Waals surface area contributed by atoms with E-state index in [4.69, 9.17) is 10.9 Å². The third kappa shape index (κ3) is 4.47. The Morgan fingerprint density at radius 1 is 1.29 bits per heavy atom. The number of oxime groups is 1. The summed E-state index contributed by atoms with van der Waals surface area (Å²) < 4.78 is 65.3. The molecule has 0 aliphatic rings. The van der Waals surface area contributed by atoms with E-state index < -0.39 is 35.9 Å². The van der Waals surface area contributed by atoms with Crippen LogP contribution in [0.4, 0.5) is 27.6 Å². The first kappa shape index (κ1) is 17.0. The molecule has 0 bridgehead atoms. The Bertz CT molecular complexity index is 507. The van der Waals surface area contributed by atoms with Gasteiger partial charge in [0, 0.05) is 12.1 Å². The highest BCUT2D eigenvalue weighted by Gasteiger charge is 2.33. The summed E-state index contributed by atoms with van der Waals surface area (Å²) in [7, 11) is 0. The maximum absolute atomic E-state index is 13.9. The minimum absolute atomic E-state index is 0.170. The third-order valence-electron chi connectivity index (χ3n) is 2.60. The Kier molecular flexibility index (Phi) is 5.34. The van der Waals surface area contributed by atoms with Crippen LogP contribution in [0.25, 0.3) is 0 Å².